The first-order valence-corrected chi connectivity index (χ1v) is 6.78. The summed E-state index contributed by atoms with van der Waals surface area (Å²) < 4.78 is 4.95. The van der Waals surface area contributed by atoms with Crippen molar-refractivity contribution >= 4 is 53.8 Å². The lowest BCUT2D eigenvalue weighted by atomic mass is 9.98. The van der Waals surface area contributed by atoms with Gasteiger partial charge in [0.2, 0.25) is 0 Å². The van der Waals surface area contributed by atoms with Gasteiger partial charge in [0, 0.05) is 28.3 Å². The summed E-state index contributed by atoms with van der Waals surface area (Å²) in [5.41, 5.74) is -0.0360. The first kappa shape index (κ1) is 12.9. The van der Waals surface area contributed by atoms with E-state index in [9.17, 15) is 4.79 Å². The van der Waals surface area contributed by atoms with E-state index >= 15 is 0 Å². The van der Waals surface area contributed by atoms with Crippen molar-refractivity contribution in [3.05, 3.63) is 0 Å². The van der Waals surface area contributed by atoms with Crippen LogP contribution in [0.3, 0.4) is 0 Å². The fourth-order valence-electron chi connectivity index (χ4n) is 0.478. The predicted molar refractivity (Wildman–Crippen MR) is 60.4 cm³/mol. The monoisotopic (exact) mass is 364 g/mol. The zero-order chi connectivity index (χ0) is 9.61. The Morgan fingerprint density at radius 2 is 1.67 bits per heavy atom. The summed E-state index contributed by atoms with van der Waals surface area (Å²) in [6.07, 6.45) is 0. The predicted octanol–water partition coefficient (Wildman–Crippen LogP) is 2.72. The number of hydrogen-bond acceptors (Lipinski definition) is 2. The number of halogens is 3. The van der Waals surface area contributed by atoms with Crippen LogP contribution in [-0.4, -0.2) is 28.6 Å². The second-order valence-electron chi connectivity index (χ2n) is 2.68. The summed E-state index contributed by atoms with van der Waals surface area (Å²) >= 11 is 10.2. The topological polar surface area (TPSA) is 26.3 Å². The number of alkyl halides is 3. The molecule has 0 spiro atoms. The molecule has 0 aromatic rings. The third-order valence-electron chi connectivity index (χ3n) is 1.43. The third kappa shape index (κ3) is 4.23. The van der Waals surface area contributed by atoms with Gasteiger partial charge < -0.3 is 4.74 Å². The molecule has 0 unspecified atom stereocenters. The van der Waals surface area contributed by atoms with Gasteiger partial charge in [-0.3, -0.25) is 4.79 Å². The maximum absolute atomic E-state index is 10.6. The van der Waals surface area contributed by atoms with Gasteiger partial charge >= 0.3 is 5.97 Å². The molecule has 0 heterocycles. The molecule has 72 valence electrons. The highest BCUT2D eigenvalue weighted by Gasteiger charge is 2.28. The second-order valence-corrected chi connectivity index (χ2v) is 4.36. The van der Waals surface area contributed by atoms with E-state index in [2.05, 4.69) is 47.8 Å². The average molecular weight is 367 g/mol. The zero-order valence-electron chi connectivity index (χ0n) is 6.78. The Hall–Kier alpha value is 0.910. The lowest BCUT2D eigenvalue weighted by Gasteiger charge is -2.26. The van der Waals surface area contributed by atoms with Crippen molar-refractivity contribution in [2.45, 2.75) is 6.92 Å². The highest BCUT2D eigenvalue weighted by Crippen LogP contribution is 2.26. The molecule has 12 heavy (non-hydrogen) atoms. The van der Waals surface area contributed by atoms with Gasteiger partial charge in [-0.05, 0) is 0 Å². The molecule has 0 aliphatic heterocycles. The summed E-state index contributed by atoms with van der Waals surface area (Å²) in [5, 5.41) is 2.39. The van der Waals surface area contributed by atoms with Crippen molar-refractivity contribution in [1.29, 1.82) is 0 Å². The maximum atomic E-state index is 10.6. The molecule has 0 atom stereocenters. The summed E-state index contributed by atoms with van der Waals surface area (Å²) in [7, 11) is 0. The molecule has 0 saturated heterocycles. The van der Waals surface area contributed by atoms with E-state index in [0.717, 1.165) is 16.0 Å². The van der Waals surface area contributed by atoms with Gasteiger partial charge in [-0.25, -0.2) is 0 Å². The van der Waals surface area contributed by atoms with Crippen LogP contribution in [0.5, 0.6) is 0 Å². The second kappa shape index (κ2) is 6.38. The largest absolute Gasteiger partial charge is 0.465 e. The maximum Gasteiger partial charge on any atom is 0.302 e. The summed E-state index contributed by atoms with van der Waals surface area (Å²) in [6, 6.07) is 0. The van der Waals surface area contributed by atoms with Crippen molar-refractivity contribution in [1.82, 2.24) is 0 Å². The number of carbonyl (C=O) groups excluding carboxylic acids is 1. The Morgan fingerprint density at radius 1 is 1.25 bits per heavy atom. The molecule has 0 saturated carbocycles. The third-order valence-corrected chi connectivity index (χ3v) is 5.00. The SMILES string of the molecule is CC(=O)OCC(CBr)(CBr)CBr. The Balaban J connectivity index is 4.01. The van der Waals surface area contributed by atoms with Crippen LogP contribution in [0.15, 0.2) is 0 Å². The van der Waals surface area contributed by atoms with Crippen LogP contribution >= 0.6 is 47.8 Å². The highest BCUT2D eigenvalue weighted by atomic mass is 79.9. The van der Waals surface area contributed by atoms with Gasteiger partial charge in [0.15, 0.2) is 0 Å². The molecule has 0 N–H and O–H groups in total. The van der Waals surface area contributed by atoms with E-state index in [1.54, 1.807) is 0 Å². The fraction of sp³-hybridized carbons (Fsp3) is 0.857. The molecule has 0 aliphatic carbocycles. The van der Waals surface area contributed by atoms with E-state index in [1.807, 2.05) is 0 Å². The van der Waals surface area contributed by atoms with E-state index in [0.29, 0.717) is 6.61 Å². The minimum absolute atomic E-state index is 0.0360. The van der Waals surface area contributed by atoms with Crippen molar-refractivity contribution in [3.8, 4) is 0 Å². The molecule has 0 fully saturated rings. The lowest BCUT2D eigenvalue weighted by Crippen LogP contribution is -2.33. The van der Waals surface area contributed by atoms with Crippen LogP contribution in [0, 0.1) is 5.41 Å². The smallest absolute Gasteiger partial charge is 0.302 e. The van der Waals surface area contributed by atoms with E-state index < -0.39 is 0 Å². The molecule has 0 radical (unpaired) electrons. The Morgan fingerprint density at radius 3 is 1.92 bits per heavy atom. The average Bonchev–Trinajstić information content (AvgIpc) is 2.08. The van der Waals surface area contributed by atoms with Crippen LogP contribution in [0.4, 0.5) is 0 Å². The normalized spacial score (nSPS) is 11.3. The number of ether oxygens (including phenoxy) is 1. The van der Waals surface area contributed by atoms with Crippen molar-refractivity contribution in [2.24, 2.45) is 5.41 Å². The van der Waals surface area contributed by atoms with Gasteiger partial charge in [-0.2, -0.15) is 0 Å². The molecule has 0 rings (SSSR count). The molecule has 0 amide bonds. The number of esters is 1. The Kier molecular flexibility index (Phi) is 6.86. The Bertz CT molecular complexity index is 137. The number of rotatable bonds is 5. The Labute approximate surface area is 97.8 Å². The molecule has 0 aromatic heterocycles. The molecular formula is C7H11Br3O2. The van der Waals surface area contributed by atoms with Crippen molar-refractivity contribution in [2.75, 3.05) is 22.6 Å². The van der Waals surface area contributed by atoms with Crippen molar-refractivity contribution in [3.63, 3.8) is 0 Å². The first-order valence-electron chi connectivity index (χ1n) is 3.41. The molecule has 2 nitrogen and oxygen atoms in total. The molecular weight excluding hydrogens is 356 g/mol. The van der Waals surface area contributed by atoms with Crippen LogP contribution in [-0.2, 0) is 9.53 Å². The van der Waals surface area contributed by atoms with E-state index in [4.69, 9.17) is 4.74 Å². The molecule has 5 heteroatoms. The first-order chi connectivity index (χ1) is 5.60. The fourth-order valence-corrected chi connectivity index (χ4v) is 3.75. The summed E-state index contributed by atoms with van der Waals surface area (Å²) in [5.74, 6) is -0.234. The van der Waals surface area contributed by atoms with Gasteiger partial charge in [0.05, 0.1) is 6.61 Å². The number of hydrogen-bond donors (Lipinski definition) is 0. The van der Waals surface area contributed by atoms with Crippen molar-refractivity contribution < 1.29 is 9.53 Å². The summed E-state index contributed by atoms with van der Waals surface area (Å²) in [6.45, 7) is 1.85. The molecule has 0 aliphatic rings. The number of carbonyl (C=O) groups is 1. The van der Waals surface area contributed by atoms with Crippen LogP contribution in [0.1, 0.15) is 6.92 Å². The summed E-state index contributed by atoms with van der Waals surface area (Å²) in [4.78, 5) is 10.6. The van der Waals surface area contributed by atoms with Gasteiger partial charge in [0.1, 0.15) is 0 Å². The van der Waals surface area contributed by atoms with Gasteiger partial charge in [-0.15, -0.1) is 0 Å². The van der Waals surface area contributed by atoms with Gasteiger partial charge in [0.25, 0.3) is 0 Å². The quantitative estimate of drug-likeness (QED) is 0.552. The van der Waals surface area contributed by atoms with Crippen LogP contribution in [0.25, 0.3) is 0 Å². The minimum atomic E-state index is -0.234. The highest BCUT2D eigenvalue weighted by molar-refractivity contribution is 9.10. The standard InChI is InChI=1S/C7H11Br3O2/c1-6(11)12-5-7(2-8,3-9)4-10/h2-5H2,1H3. The van der Waals surface area contributed by atoms with Crippen LogP contribution < -0.4 is 0 Å². The molecule has 0 aromatic carbocycles. The molecule has 0 bridgehead atoms. The van der Waals surface area contributed by atoms with Crippen LogP contribution in [0.2, 0.25) is 0 Å². The minimum Gasteiger partial charge on any atom is -0.465 e. The van der Waals surface area contributed by atoms with E-state index in [-0.39, 0.29) is 11.4 Å². The van der Waals surface area contributed by atoms with Gasteiger partial charge in [-0.1, -0.05) is 47.8 Å². The zero-order valence-corrected chi connectivity index (χ0v) is 11.5. The van der Waals surface area contributed by atoms with E-state index in [1.165, 1.54) is 6.92 Å². The lowest BCUT2D eigenvalue weighted by molar-refractivity contribution is -0.143.